The Kier molecular flexibility index (Phi) is 6.43. The Bertz CT molecular complexity index is 2150. The molecule has 0 bridgehead atoms. The first-order valence-electron chi connectivity index (χ1n) is 14.7. The van der Waals surface area contributed by atoms with Crippen LogP contribution in [0.3, 0.4) is 0 Å². The topological polar surface area (TPSA) is 34.0 Å². The second kappa shape index (κ2) is 11.0. The van der Waals surface area contributed by atoms with Gasteiger partial charge in [0.1, 0.15) is 0 Å². The van der Waals surface area contributed by atoms with E-state index in [2.05, 4.69) is 153 Å². The van der Waals surface area contributed by atoms with Crippen molar-refractivity contribution in [3.63, 3.8) is 0 Å². The lowest BCUT2D eigenvalue weighted by Crippen LogP contribution is -2.09. The molecule has 4 nitrogen and oxygen atoms in total. The summed E-state index contributed by atoms with van der Waals surface area (Å²) in [7, 11) is 0. The van der Waals surface area contributed by atoms with E-state index in [4.69, 9.17) is 0 Å². The van der Waals surface area contributed by atoms with Gasteiger partial charge in [-0.25, -0.2) is 0 Å². The Morgan fingerprint density at radius 3 is 1.55 bits per heavy atom. The Labute approximate surface area is 256 Å². The van der Waals surface area contributed by atoms with E-state index in [-0.39, 0.29) is 0 Å². The van der Waals surface area contributed by atoms with Gasteiger partial charge in [-0.15, -0.1) is 0 Å². The maximum absolute atomic E-state index is 4.51. The maximum atomic E-state index is 4.51. The second-order valence-electron chi connectivity index (χ2n) is 10.8. The number of benzene rings is 5. The van der Waals surface area contributed by atoms with Crippen LogP contribution in [-0.4, -0.2) is 14.5 Å². The molecule has 3 aromatic heterocycles. The van der Waals surface area contributed by atoms with E-state index < -0.39 is 0 Å². The Hall–Kier alpha value is -6.00. The van der Waals surface area contributed by atoms with Gasteiger partial charge >= 0.3 is 0 Å². The lowest BCUT2D eigenvalue weighted by atomic mass is 10.0. The van der Waals surface area contributed by atoms with E-state index in [1.54, 1.807) is 0 Å². The number of rotatable bonds is 6. The lowest BCUT2D eigenvalue weighted by molar-refractivity contribution is 1.17. The van der Waals surface area contributed by atoms with Crippen molar-refractivity contribution in [1.82, 2.24) is 14.5 Å². The molecule has 0 unspecified atom stereocenters. The molecule has 8 aromatic rings. The number of anilines is 3. The zero-order chi connectivity index (χ0) is 29.3. The van der Waals surface area contributed by atoms with Crippen LogP contribution >= 0.6 is 0 Å². The molecule has 0 spiro atoms. The summed E-state index contributed by atoms with van der Waals surface area (Å²) in [4.78, 5) is 10.9. The van der Waals surface area contributed by atoms with Gasteiger partial charge in [0.05, 0.1) is 11.0 Å². The summed E-state index contributed by atoms with van der Waals surface area (Å²) in [6, 6.07) is 51.5. The summed E-state index contributed by atoms with van der Waals surface area (Å²) in [5.74, 6) is 0. The average Bonchev–Trinajstić information content (AvgIpc) is 3.44. The predicted molar refractivity (Wildman–Crippen MR) is 182 cm³/mol. The van der Waals surface area contributed by atoms with Gasteiger partial charge in [-0.05, 0) is 95.1 Å². The number of hydrogen-bond donors (Lipinski definition) is 0. The van der Waals surface area contributed by atoms with Crippen LogP contribution in [0.1, 0.15) is 0 Å². The Morgan fingerprint density at radius 2 is 0.932 bits per heavy atom. The molecule has 44 heavy (non-hydrogen) atoms. The average molecular weight is 565 g/mol. The number of nitrogens with zero attached hydrogens (tertiary/aromatic N) is 4. The van der Waals surface area contributed by atoms with Crippen molar-refractivity contribution in [1.29, 1.82) is 0 Å². The predicted octanol–water partition coefficient (Wildman–Crippen LogP) is 10.4. The van der Waals surface area contributed by atoms with Crippen molar-refractivity contribution >= 4 is 38.9 Å². The van der Waals surface area contributed by atoms with E-state index in [1.165, 1.54) is 27.6 Å². The third-order valence-electron chi connectivity index (χ3n) is 8.19. The minimum Gasteiger partial charge on any atom is -0.310 e. The molecule has 0 saturated heterocycles. The Morgan fingerprint density at radius 1 is 0.409 bits per heavy atom. The summed E-state index contributed by atoms with van der Waals surface area (Å²) < 4.78 is 2.34. The third-order valence-corrected chi connectivity index (χ3v) is 8.19. The van der Waals surface area contributed by atoms with Gasteiger partial charge in [-0.1, -0.05) is 72.8 Å². The molecule has 208 valence electrons. The molecule has 4 heteroatoms. The normalized spacial score (nSPS) is 11.2. The van der Waals surface area contributed by atoms with Crippen LogP contribution in [0.25, 0.3) is 49.7 Å². The van der Waals surface area contributed by atoms with E-state index in [0.717, 1.165) is 39.2 Å². The molecule has 3 heterocycles. The van der Waals surface area contributed by atoms with Gasteiger partial charge in [-0.3, -0.25) is 9.97 Å². The van der Waals surface area contributed by atoms with Gasteiger partial charge in [0.15, 0.2) is 0 Å². The molecule has 8 rings (SSSR count). The number of fused-ring (bicyclic) bond motifs is 3. The Balaban J connectivity index is 1.20. The maximum Gasteiger partial charge on any atom is 0.0571 e. The fourth-order valence-electron chi connectivity index (χ4n) is 6.08. The number of pyridine rings is 2. The fourth-order valence-corrected chi connectivity index (χ4v) is 6.08. The zero-order valence-electron chi connectivity index (χ0n) is 24.0. The molecule has 0 N–H and O–H groups in total. The van der Waals surface area contributed by atoms with Crippen LogP contribution in [0.15, 0.2) is 170 Å². The molecule has 0 amide bonds. The minimum atomic E-state index is 1.10. The highest BCUT2D eigenvalue weighted by molar-refractivity contribution is 6.10. The summed E-state index contributed by atoms with van der Waals surface area (Å²) in [5.41, 5.74) is 11.4. The van der Waals surface area contributed by atoms with Crippen LogP contribution in [0.2, 0.25) is 0 Å². The highest BCUT2D eigenvalue weighted by Gasteiger charge is 2.17. The van der Waals surface area contributed by atoms with E-state index in [0.29, 0.717) is 0 Å². The third kappa shape index (κ3) is 4.59. The molecule has 0 atom stereocenters. The van der Waals surface area contributed by atoms with Crippen molar-refractivity contribution in [2.45, 2.75) is 0 Å². The summed E-state index contributed by atoms with van der Waals surface area (Å²) in [5, 5.41) is 2.29. The first kappa shape index (κ1) is 25.7. The summed E-state index contributed by atoms with van der Waals surface area (Å²) >= 11 is 0. The van der Waals surface area contributed by atoms with Crippen molar-refractivity contribution in [3.05, 3.63) is 170 Å². The molecule has 0 radical (unpaired) electrons. The van der Waals surface area contributed by atoms with Crippen LogP contribution in [0, 0.1) is 0 Å². The van der Waals surface area contributed by atoms with Crippen LogP contribution in [0.4, 0.5) is 17.1 Å². The molecular formula is C40H28N4. The van der Waals surface area contributed by atoms with Gasteiger partial charge in [0, 0.05) is 58.3 Å². The first-order chi connectivity index (χ1) is 21.8. The van der Waals surface area contributed by atoms with Crippen LogP contribution in [-0.2, 0) is 0 Å². The monoisotopic (exact) mass is 564 g/mol. The lowest BCUT2D eigenvalue weighted by Gasteiger charge is -2.25. The smallest absolute Gasteiger partial charge is 0.0571 e. The highest BCUT2D eigenvalue weighted by Crippen LogP contribution is 2.39. The first-order valence-corrected chi connectivity index (χ1v) is 14.7. The SMILES string of the molecule is c1ccc(N(c2ccccc2)c2ccc3c(c2)c2cnccc2n3-c2ccc(-c3ccc(-c4ccncc4)cc3)cc2)cc1. The van der Waals surface area contributed by atoms with Crippen molar-refractivity contribution in [2.75, 3.05) is 4.90 Å². The fraction of sp³-hybridized carbons (Fsp3) is 0. The van der Waals surface area contributed by atoms with Crippen LogP contribution < -0.4 is 4.90 Å². The van der Waals surface area contributed by atoms with Gasteiger partial charge in [0.2, 0.25) is 0 Å². The minimum absolute atomic E-state index is 1.10. The molecular weight excluding hydrogens is 536 g/mol. The number of para-hydroxylation sites is 2. The quantitative estimate of drug-likeness (QED) is 0.201. The van der Waals surface area contributed by atoms with Crippen molar-refractivity contribution in [3.8, 4) is 27.9 Å². The molecule has 0 saturated carbocycles. The summed E-state index contributed by atoms with van der Waals surface area (Å²) in [6.45, 7) is 0. The summed E-state index contributed by atoms with van der Waals surface area (Å²) in [6.07, 6.45) is 7.51. The van der Waals surface area contributed by atoms with Gasteiger partial charge in [-0.2, -0.15) is 0 Å². The standard InChI is InChI=1S/C40H28N4/c1-3-7-33(8-4-1)43(34-9-5-2-6-10-34)36-19-20-39-37(27-36)38-28-42-26-23-40(38)44(39)35-17-15-31(16-18-35)29-11-13-30(14-12-29)32-21-24-41-25-22-32/h1-28H. The van der Waals surface area contributed by atoms with Crippen LogP contribution in [0.5, 0.6) is 0 Å². The molecule has 0 aliphatic rings. The van der Waals surface area contributed by atoms with Crippen molar-refractivity contribution < 1.29 is 0 Å². The van der Waals surface area contributed by atoms with E-state index in [9.17, 15) is 0 Å². The van der Waals surface area contributed by atoms with Crippen molar-refractivity contribution in [2.24, 2.45) is 0 Å². The molecule has 0 aliphatic heterocycles. The zero-order valence-corrected chi connectivity index (χ0v) is 24.0. The number of hydrogen-bond acceptors (Lipinski definition) is 3. The highest BCUT2D eigenvalue weighted by atomic mass is 15.1. The van der Waals surface area contributed by atoms with E-state index in [1.807, 2.05) is 36.9 Å². The molecule has 5 aromatic carbocycles. The van der Waals surface area contributed by atoms with Gasteiger partial charge < -0.3 is 9.47 Å². The molecule has 0 aliphatic carbocycles. The largest absolute Gasteiger partial charge is 0.310 e. The number of aromatic nitrogens is 3. The van der Waals surface area contributed by atoms with E-state index >= 15 is 0 Å². The second-order valence-corrected chi connectivity index (χ2v) is 10.8. The van der Waals surface area contributed by atoms with Gasteiger partial charge in [0.25, 0.3) is 0 Å². The molecule has 0 fully saturated rings.